The van der Waals surface area contributed by atoms with Gasteiger partial charge in [0.25, 0.3) is 0 Å². The molecule has 1 aromatic rings. The number of amides is 2. The number of rotatable bonds is 4. The predicted octanol–water partition coefficient (Wildman–Crippen LogP) is 3.39. The Balaban J connectivity index is 2.38. The van der Waals surface area contributed by atoms with Gasteiger partial charge in [-0.1, -0.05) is 38.1 Å². The lowest BCUT2D eigenvalue weighted by Gasteiger charge is -2.28. The van der Waals surface area contributed by atoms with E-state index >= 15 is 0 Å². The number of hydrogen-bond acceptors (Lipinski definition) is 3. The van der Waals surface area contributed by atoms with Crippen molar-refractivity contribution >= 4 is 12.0 Å². The molecule has 124 valence electrons. The number of esters is 1. The van der Waals surface area contributed by atoms with Crippen LogP contribution in [0.1, 0.15) is 57.7 Å². The van der Waals surface area contributed by atoms with Crippen molar-refractivity contribution in [2.75, 3.05) is 0 Å². The molecule has 5 heteroatoms. The monoisotopic (exact) mass is 316 g/mol. The molecular formula is C18H24N2O3. The molecule has 1 aromatic carbocycles. The minimum absolute atomic E-state index is 0.218. The molecule has 0 aromatic heterocycles. The Morgan fingerprint density at radius 3 is 2.26 bits per heavy atom. The Hall–Kier alpha value is -2.30. The van der Waals surface area contributed by atoms with Crippen molar-refractivity contribution in [3.63, 3.8) is 0 Å². The topological polar surface area (TPSA) is 67.4 Å². The Morgan fingerprint density at radius 2 is 1.74 bits per heavy atom. The highest BCUT2D eigenvalue weighted by Gasteiger charge is 2.32. The lowest BCUT2D eigenvalue weighted by atomic mass is 9.93. The molecule has 1 unspecified atom stereocenters. The van der Waals surface area contributed by atoms with Crippen molar-refractivity contribution in [3.05, 3.63) is 46.7 Å². The van der Waals surface area contributed by atoms with Gasteiger partial charge in [0.15, 0.2) is 0 Å². The predicted molar refractivity (Wildman–Crippen MR) is 88.9 cm³/mol. The molecule has 1 aliphatic rings. The third-order valence-electron chi connectivity index (χ3n) is 3.77. The number of ether oxygens (including phenoxy) is 1. The van der Waals surface area contributed by atoms with Gasteiger partial charge >= 0.3 is 12.0 Å². The standard InChI is InChI=1S/C18H24N2O3/c1-10(2)13-6-8-14(9-7-13)16-15(17(21)23-11(3)4)12(5)19-18(22)20-16/h6-11,16H,1-5H3,(H2,19,20,22). The van der Waals surface area contributed by atoms with E-state index in [4.69, 9.17) is 4.74 Å². The van der Waals surface area contributed by atoms with Crippen LogP contribution >= 0.6 is 0 Å². The number of urea groups is 1. The molecule has 1 aliphatic heterocycles. The summed E-state index contributed by atoms with van der Waals surface area (Å²) in [6.07, 6.45) is -0.218. The molecule has 2 amide bonds. The zero-order valence-corrected chi connectivity index (χ0v) is 14.3. The summed E-state index contributed by atoms with van der Waals surface area (Å²) < 4.78 is 5.32. The fraction of sp³-hybridized carbons (Fsp3) is 0.444. The van der Waals surface area contributed by atoms with Gasteiger partial charge in [-0.2, -0.15) is 0 Å². The zero-order valence-electron chi connectivity index (χ0n) is 14.3. The fourth-order valence-electron chi connectivity index (χ4n) is 2.57. The van der Waals surface area contributed by atoms with E-state index < -0.39 is 12.0 Å². The Morgan fingerprint density at radius 1 is 1.13 bits per heavy atom. The van der Waals surface area contributed by atoms with Crippen LogP contribution in [0.5, 0.6) is 0 Å². The molecule has 2 N–H and O–H groups in total. The van der Waals surface area contributed by atoms with Gasteiger partial charge < -0.3 is 15.4 Å². The first-order chi connectivity index (χ1) is 10.8. The number of hydrogen-bond donors (Lipinski definition) is 2. The van der Waals surface area contributed by atoms with Gasteiger partial charge in [0.1, 0.15) is 0 Å². The van der Waals surface area contributed by atoms with Crippen LogP contribution in [0.15, 0.2) is 35.5 Å². The van der Waals surface area contributed by atoms with Crippen molar-refractivity contribution in [1.82, 2.24) is 10.6 Å². The summed E-state index contributed by atoms with van der Waals surface area (Å²) in [5.41, 5.74) is 3.04. The maximum Gasteiger partial charge on any atom is 0.338 e. The molecule has 23 heavy (non-hydrogen) atoms. The lowest BCUT2D eigenvalue weighted by Crippen LogP contribution is -2.45. The molecule has 0 bridgehead atoms. The molecule has 2 rings (SSSR count). The van der Waals surface area contributed by atoms with Crippen LogP contribution in [0, 0.1) is 0 Å². The van der Waals surface area contributed by atoms with Gasteiger partial charge in [-0.15, -0.1) is 0 Å². The normalized spacial score (nSPS) is 18.0. The van der Waals surface area contributed by atoms with Gasteiger partial charge in [-0.25, -0.2) is 9.59 Å². The van der Waals surface area contributed by atoms with Crippen LogP contribution in [0.4, 0.5) is 4.79 Å². The number of nitrogens with one attached hydrogen (secondary N) is 2. The summed E-state index contributed by atoms with van der Waals surface area (Å²) in [4.78, 5) is 24.2. The van der Waals surface area contributed by atoms with E-state index in [-0.39, 0.29) is 12.1 Å². The van der Waals surface area contributed by atoms with Gasteiger partial charge in [0.2, 0.25) is 0 Å². The summed E-state index contributed by atoms with van der Waals surface area (Å²) in [6.45, 7) is 9.56. The van der Waals surface area contributed by atoms with E-state index in [2.05, 4.69) is 24.5 Å². The molecular weight excluding hydrogens is 292 g/mol. The minimum Gasteiger partial charge on any atom is -0.459 e. The third-order valence-corrected chi connectivity index (χ3v) is 3.77. The molecule has 1 heterocycles. The summed E-state index contributed by atoms with van der Waals surface area (Å²) in [5, 5.41) is 5.45. The smallest absolute Gasteiger partial charge is 0.338 e. The van der Waals surface area contributed by atoms with Crippen LogP contribution in [0.25, 0.3) is 0 Å². The third kappa shape index (κ3) is 3.92. The van der Waals surface area contributed by atoms with E-state index in [0.29, 0.717) is 17.2 Å². The molecule has 0 saturated carbocycles. The lowest BCUT2D eigenvalue weighted by molar-refractivity contribution is -0.143. The average Bonchev–Trinajstić information content (AvgIpc) is 2.45. The van der Waals surface area contributed by atoms with Crippen LogP contribution in [-0.2, 0) is 9.53 Å². The summed E-state index contributed by atoms with van der Waals surface area (Å²) in [6, 6.07) is 7.12. The Labute approximate surface area is 137 Å². The van der Waals surface area contributed by atoms with E-state index in [1.807, 2.05) is 24.3 Å². The Kier molecular flexibility index (Phi) is 5.08. The zero-order chi connectivity index (χ0) is 17.1. The number of allylic oxidation sites excluding steroid dienone is 1. The maximum atomic E-state index is 12.4. The molecule has 0 saturated heterocycles. The molecule has 0 spiro atoms. The van der Waals surface area contributed by atoms with Crippen LogP contribution in [0.2, 0.25) is 0 Å². The molecule has 5 nitrogen and oxygen atoms in total. The number of benzene rings is 1. The SMILES string of the molecule is CC1=C(C(=O)OC(C)C)C(c2ccc(C(C)C)cc2)NC(=O)N1. The number of carbonyl (C=O) groups is 2. The van der Waals surface area contributed by atoms with Crippen LogP contribution in [-0.4, -0.2) is 18.1 Å². The second kappa shape index (κ2) is 6.86. The van der Waals surface area contributed by atoms with Gasteiger partial charge in [-0.05, 0) is 37.8 Å². The van der Waals surface area contributed by atoms with E-state index in [0.717, 1.165) is 5.56 Å². The average molecular weight is 316 g/mol. The van der Waals surface area contributed by atoms with Crippen LogP contribution < -0.4 is 10.6 Å². The quantitative estimate of drug-likeness (QED) is 0.837. The second-order valence-electron chi connectivity index (χ2n) is 6.35. The van der Waals surface area contributed by atoms with Crippen molar-refractivity contribution in [3.8, 4) is 0 Å². The van der Waals surface area contributed by atoms with E-state index in [9.17, 15) is 9.59 Å². The van der Waals surface area contributed by atoms with Crippen molar-refractivity contribution in [1.29, 1.82) is 0 Å². The maximum absolute atomic E-state index is 12.4. The Bertz CT molecular complexity index is 630. The van der Waals surface area contributed by atoms with E-state index in [1.54, 1.807) is 20.8 Å². The van der Waals surface area contributed by atoms with E-state index in [1.165, 1.54) is 5.56 Å². The first-order valence-corrected chi connectivity index (χ1v) is 7.88. The largest absolute Gasteiger partial charge is 0.459 e. The second-order valence-corrected chi connectivity index (χ2v) is 6.35. The van der Waals surface area contributed by atoms with Gasteiger partial charge in [0.05, 0.1) is 17.7 Å². The van der Waals surface area contributed by atoms with Crippen molar-refractivity contribution in [2.24, 2.45) is 0 Å². The summed E-state index contributed by atoms with van der Waals surface area (Å²) in [5.74, 6) is 0.0113. The van der Waals surface area contributed by atoms with Gasteiger partial charge in [-0.3, -0.25) is 0 Å². The highest BCUT2D eigenvalue weighted by atomic mass is 16.5. The first-order valence-electron chi connectivity index (χ1n) is 7.88. The summed E-state index contributed by atoms with van der Waals surface area (Å²) in [7, 11) is 0. The molecule has 0 fully saturated rings. The number of carbonyl (C=O) groups excluding carboxylic acids is 2. The highest BCUT2D eigenvalue weighted by molar-refractivity contribution is 5.95. The van der Waals surface area contributed by atoms with Crippen molar-refractivity contribution < 1.29 is 14.3 Å². The molecule has 0 radical (unpaired) electrons. The molecule has 1 atom stereocenters. The highest BCUT2D eigenvalue weighted by Crippen LogP contribution is 2.29. The molecule has 0 aliphatic carbocycles. The summed E-state index contributed by atoms with van der Waals surface area (Å²) >= 11 is 0. The minimum atomic E-state index is -0.504. The van der Waals surface area contributed by atoms with Crippen molar-refractivity contribution in [2.45, 2.75) is 52.7 Å². The van der Waals surface area contributed by atoms with Crippen LogP contribution in [0.3, 0.4) is 0 Å². The van der Waals surface area contributed by atoms with Gasteiger partial charge in [0, 0.05) is 5.70 Å². The first kappa shape index (κ1) is 17.1. The fourth-order valence-corrected chi connectivity index (χ4v) is 2.57.